The third kappa shape index (κ3) is 4.50. The van der Waals surface area contributed by atoms with Gasteiger partial charge in [-0.25, -0.2) is 4.39 Å². The fourth-order valence-electron chi connectivity index (χ4n) is 1.48. The van der Waals surface area contributed by atoms with Gasteiger partial charge in [0.1, 0.15) is 5.82 Å². The smallest absolute Gasteiger partial charge is 0.257 e. The lowest BCUT2D eigenvalue weighted by Gasteiger charge is -2.21. The summed E-state index contributed by atoms with van der Waals surface area (Å²) in [5.41, 5.74) is 4.89. The van der Waals surface area contributed by atoms with Crippen LogP contribution in [0.1, 0.15) is 10.4 Å². The largest absolute Gasteiger partial charge is 0.383 e. The number of amides is 2. The van der Waals surface area contributed by atoms with Crippen LogP contribution in [0.5, 0.6) is 0 Å². The number of primary amides is 1. The summed E-state index contributed by atoms with van der Waals surface area (Å²) in [5, 5.41) is 0.187. The molecule has 0 saturated heterocycles. The number of halogens is 2. The van der Waals surface area contributed by atoms with Crippen LogP contribution in [0.2, 0.25) is 5.02 Å². The maximum atomic E-state index is 13.6. The predicted molar refractivity (Wildman–Crippen MR) is 68.4 cm³/mol. The second-order valence-corrected chi connectivity index (χ2v) is 4.25. The quantitative estimate of drug-likeness (QED) is 0.850. The van der Waals surface area contributed by atoms with Crippen molar-refractivity contribution in [1.29, 1.82) is 0 Å². The topological polar surface area (TPSA) is 72.6 Å². The van der Waals surface area contributed by atoms with E-state index >= 15 is 0 Å². The number of nitrogens with two attached hydrogens (primary N) is 1. The molecular formula is C12H14ClFN2O3. The Labute approximate surface area is 115 Å². The molecule has 0 heterocycles. The van der Waals surface area contributed by atoms with Crippen LogP contribution in [-0.4, -0.2) is 43.5 Å². The molecule has 0 fully saturated rings. The van der Waals surface area contributed by atoms with Gasteiger partial charge in [-0.05, 0) is 18.2 Å². The van der Waals surface area contributed by atoms with Crippen molar-refractivity contribution >= 4 is 23.4 Å². The average Bonchev–Trinajstić information content (AvgIpc) is 2.33. The molecular weight excluding hydrogens is 275 g/mol. The van der Waals surface area contributed by atoms with Crippen molar-refractivity contribution < 1.29 is 18.7 Å². The molecule has 2 N–H and O–H groups in total. The minimum Gasteiger partial charge on any atom is -0.383 e. The lowest BCUT2D eigenvalue weighted by Crippen LogP contribution is -2.40. The summed E-state index contributed by atoms with van der Waals surface area (Å²) in [4.78, 5) is 24.1. The Bertz CT molecular complexity index is 482. The van der Waals surface area contributed by atoms with E-state index in [-0.39, 0.29) is 30.3 Å². The molecule has 1 rings (SSSR count). The number of carbonyl (C=O) groups excluding carboxylic acids is 2. The van der Waals surface area contributed by atoms with Gasteiger partial charge in [0, 0.05) is 18.7 Å². The molecule has 0 aliphatic heterocycles. The Morgan fingerprint density at radius 3 is 2.68 bits per heavy atom. The SMILES string of the molecule is COCCN(CC(N)=O)C(=O)c1ccc(Cl)cc1F. The first-order valence-corrected chi connectivity index (χ1v) is 5.85. The van der Waals surface area contributed by atoms with Gasteiger partial charge >= 0.3 is 0 Å². The van der Waals surface area contributed by atoms with Crippen LogP contribution in [-0.2, 0) is 9.53 Å². The number of nitrogens with zero attached hydrogens (tertiary/aromatic N) is 1. The van der Waals surface area contributed by atoms with Crippen molar-refractivity contribution in [2.45, 2.75) is 0 Å². The van der Waals surface area contributed by atoms with E-state index in [1.165, 1.54) is 19.2 Å². The number of rotatable bonds is 6. The molecule has 0 spiro atoms. The highest BCUT2D eigenvalue weighted by Crippen LogP contribution is 2.16. The van der Waals surface area contributed by atoms with Crippen LogP contribution in [0.15, 0.2) is 18.2 Å². The molecule has 0 saturated carbocycles. The van der Waals surface area contributed by atoms with E-state index in [4.69, 9.17) is 22.1 Å². The molecule has 2 amide bonds. The number of carbonyl (C=O) groups is 2. The molecule has 7 heteroatoms. The maximum Gasteiger partial charge on any atom is 0.257 e. The van der Waals surface area contributed by atoms with Gasteiger partial charge in [-0.1, -0.05) is 11.6 Å². The minimum absolute atomic E-state index is 0.139. The molecule has 0 bridgehead atoms. The van der Waals surface area contributed by atoms with E-state index in [1.54, 1.807) is 0 Å². The lowest BCUT2D eigenvalue weighted by atomic mass is 10.2. The molecule has 0 atom stereocenters. The monoisotopic (exact) mass is 288 g/mol. The second-order valence-electron chi connectivity index (χ2n) is 3.81. The van der Waals surface area contributed by atoms with E-state index < -0.39 is 17.6 Å². The van der Waals surface area contributed by atoms with Crippen molar-refractivity contribution in [2.75, 3.05) is 26.8 Å². The summed E-state index contributed by atoms with van der Waals surface area (Å²) in [6.45, 7) is 0.0544. The van der Waals surface area contributed by atoms with E-state index in [0.717, 1.165) is 11.0 Å². The number of hydrogen-bond donors (Lipinski definition) is 1. The zero-order chi connectivity index (χ0) is 14.4. The Hall–Kier alpha value is -1.66. The van der Waals surface area contributed by atoms with Crippen molar-refractivity contribution in [2.24, 2.45) is 5.73 Å². The average molecular weight is 289 g/mol. The minimum atomic E-state index is -0.746. The fourth-order valence-corrected chi connectivity index (χ4v) is 1.63. The highest BCUT2D eigenvalue weighted by atomic mass is 35.5. The van der Waals surface area contributed by atoms with E-state index in [0.29, 0.717) is 0 Å². The summed E-state index contributed by atoms with van der Waals surface area (Å²) in [6, 6.07) is 3.70. The van der Waals surface area contributed by atoms with Crippen LogP contribution >= 0.6 is 11.6 Å². The highest BCUT2D eigenvalue weighted by Gasteiger charge is 2.20. The zero-order valence-electron chi connectivity index (χ0n) is 10.4. The molecule has 1 aromatic rings. The van der Waals surface area contributed by atoms with Crippen molar-refractivity contribution in [1.82, 2.24) is 4.90 Å². The van der Waals surface area contributed by atoms with E-state index in [2.05, 4.69) is 0 Å². The van der Waals surface area contributed by atoms with Crippen LogP contribution in [0.4, 0.5) is 4.39 Å². The maximum absolute atomic E-state index is 13.6. The van der Waals surface area contributed by atoms with Gasteiger partial charge in [-0.15, -0.1) is 0 Å². The molecule has 104 valence electrons. The second kappa shape index (κ2) is 7.06. The first kappa shape index (κ1) is 15.4. The lowest BCUT2D eigenvalue weighted by molar-refractivity contribution is -0.118. The molecule has 1 aromatic carbocycles. The van der Waals surface area contributed by atoms with Crippen LogP contribution in [0, 0.1) is 5.82 Å². The molecule has 5 nitrogen and oxygen atoms in total. The van der Waals surface area contributed by atoms with Crippen LogP contribution in [0.3, 0.4) is 0 Å². The Morgan fingerprint density at radius 1 is 1.47 bits per heavy atom. The summed E-state index contributed by atoms with van der Waals surface area (Å²) in [5.74, 6) is -2.06. The third-order valence-electron chi connectivity index (χ3n) is 2.36. The molecule has 0 aliphatic rings. The van der Waals surface area contributed by atoms with Gasteiger partial charge in [0.15, 0.2) is 0 Å². The summed E-state index contributed by atoms with van der Waals surface area (Å²) in [7, 11) is 1.45. The van der Waals surface area contributed by atoms with Crippen molar-refractivity contribution in [3.05, 3.63) is 34.6 Å². The van der Waals surface area contributed by atoms with Crippen LogP contribution in [0.25, 0.3) is 0 Å². The number of benzene rings is 1. The molecule has 0 aliphatic carbocycles. The number of hydrogen-bond acceptors (Lipinski definition) is 3. The van der Waals surface area contributed by atoms with Crippen molar-refractivity contribution in [3.63, 3.8) is 0 Å². The first-order valence-electron chi connectivity index (χ1n) is 5.47. The van der Waals surface area contributed by atoms with Crippen LogP contribution < -0.4 is 5.73 Å². The molecule has 0 aromatic heterocycles. The Balaban J connectivity index is 2.93. The van der Waals surface area contributed by atoms with Crippen molar-refractivity contribution in [3.8, 4) is 0 Å². The van der Waals surface area contributed by atoms with Gasteiger partial charge in [-0.2, -0.15) is 0 Å². The summed E-state index contributed by atoms with van der Waals surface area (Å²) >= 11 is 5.61. The molecule has 0 radical (unpaired) electrons. The van der Waals surface area contributed by atoms with Gasteiger partial charge in [0.05, 0.1) is 18.7 Å². The first-order chi connectivity index (χ1) is 8.95. The predicted octanol–water partition coefficient (Wildman–Crippen LogP) is 1.05. The number of ether oxygens (including phenoxy) is 1. The normalized spacial score (nSPS) is 10.3. The standard InChI is InChI=1S/C12H14ClFN2O3/c1-19-5-4-16(7-11(15)17)12(18)9-3-2-8(13)6-10(9)14/h2-3,6H,4-5,7H2,1H3,(H2,15,17). The van der Waals surface area contributed by atoms with Gasteiger partial charge in [-0.3, -0.25) is 9.59 Å². The fraction of sp³-hybridized carbons (Fsp3) is 0.333. The summed E-state index contributed by atoms with van der Waals surface area (Å²) in [6.07, 6.45) is 0. The zero-order valence-corrected chi connectivity index (χ0v) is 11.1. The molecule has 0 unspecified atom stereocenters. The molecule has 19 heavy (non-hydrogen) atoms. The van der Waals surface area contributed by atoms with E-state index in [1.807, 2.05) is 0 Å². The Morgan fingerprint density at radius 2 is 2.16 bits per heavy atom. The third-order valence-corrected chi connectivity index (χ3v) is 2.60. The Kier molecular flexibility index (Phi) is 5.72. The van der Waals surface area contributed by atoms with E-state index in [9.17, 15) is 14.0 Å². The highest BCUT2D eigenvalue weighted by molar-refractivity contribution is 6.30. The van der Waals surface area contributed by atoms with Gasteiger partial charge < -0.3 is 15.4 Å². The number of methoxy groups -OCH3 is 1. The van der Waals surface area contributed by atoms with Gasteiger partial charge in [0.2, 0.25) is 5.91 Å². The van der Waals surface area contributed by atoms with Gasteiger partial charge in [0.25, 0.3) is 5.91 Å². The summed E-state index contributed by atoms with van der Waals surface area (Å²) < 4.78 is 18.5.